The molecule has 0 radical (unpaired) electrons. The van der Waals surface area contributed by atoms with E-state index < -0.39 is 0 Å². The van der Waals surface area contributed by atoms with Crippen LogP contribution in [0.3, 0.4) is 0 Å². The van der Waals surface area contributed by atoms with Crippen molar-refractivity contribution >= 4 is 17.7 Å². The molecule has 0 aliphatic carbocycles. The monoisotopic (exact) mass is 466 g/mol. The first kappa shape index (κ1) is 23.3. The van der Waals surface area contributed by atoms with Crippen LogP contribution in [0.25, 0.3) is 11.4 Å². The van der Waals surface area contributed by atoms with Crippen LogP contribution in [0.2, 0.25) is 0 Å². The fourth-order valence-electron chi connectivity index (χ4n) is 3.85. The van der Waals surface area contributed by atoms with Crippen LogP contribution in [0.5, 0.6) is 5.75 Å². The molecule has 3 aromatic rings. The number of hydrogen-bond donors (Lipinski definition) is 1. The van der Waals surface area contributed by atoms with Crippen molar-refractivity contribution in [1.29, 1.82) is 0 Å². The highest BCUT2D eigenvalue weighted by atomic mass is 32.2. The second kappa shape index (κ2) is 11.3. The minimum atomic E-state index is -0.0135. The number of benzene rings is 2. The standard InChI is InChI=1S/C25H30N4O3S/c1-18(19-7-4-3-5-8-19)15-26-23(30)17-33-25-28-27-24(20-10-12-21(31-2)13-11-20)29(25)16-22-9-6-14-32-22/h3-5,7-8,10-13,18,22H,6,9,14-17H2,1-2H3,(H,26,30). The molecule has 0 saturated carbocycles. The van der Waals surface area contributed by atoms with Crippen LogP contribution in [-0.4, -0.2) is 52.8 Å². The average molecular weight is 467 g/mol. The highest BCUT2D eigenvalue weighted by molar-refractivity contribution is 7.99. The van der Waals surface area contributed by atoms with E-state index in [1.165, 1.54) is 17.3 Å². The molecular weight excluding hydrogens is 436 g/mol. The summed E-state index contributed by atoms with van der Waals surface area (Å²) in [6.45, 7) is 4.17. The number of methoxy groups -OCH3 is 1. The molecule has 174 valence electrons. The Morgan fingerprint density at radius 1 is 1.21 bits per heavy atom. The Morgan fingerprint density at radius 2 is 2.00 bits per heavy atom. The van der Waals surface area contributed by atoms with Crippen LogP contribution in [0.1, 0.15) is 31.2 Å². The van der Waals surface area contributed by atoms with Crippen LogP contribution in [0.4, 0.5) is 0 Å². The molecule has 1 amide bonds. The van der Waals surface area contributed by atoms with E-state index in [4.69, 9.17) is 9.47 Å². The molecule has 1 aliphatic heterocycles. The van der Waals surface area contributed by atoms with Gasteiger partial charge in [-0.1, -0.05) is 49.0 Å². The molecule has 4 rings (SSSR count). The van der Waals surface area contributed by atoms with Gasteiger partial charge in [0.05, 0.1) is 25.5 Å². The summed E-state index contributed by atoms with van der Waals surface area (Å²) in [5.41, 5.74) is 2.17. The molecule has 2 heterocycles. The fourth-order valence-corrected chi connectivity index (χ4v) is 4.63. The molecule has 1 saturated heterocycles. The third-order valence-corrected chi connectivity index (χ3v) is 6.75. The summed E-state index contributed by atoms with van der Waals surface area (Å²) >= 11 is 1.41. The number of hydrogen-bond acceptors (Lipinski definition) is 6. The van der Waals surface area contributed by atoms with Gasteiger partial charge >= 0.3 is 0 Å². The van der Waals surface area contributed by atoms with Crippen molar-refractivity contribution in [3.8, 4) is 17.1 Å². The van der Waals surface area contributed by atoms with Gasteiger partial charge in [-0.3, -0.25) is 9.36 Å². The molecule has 2 unspecified atom stereocenters. The summed E-state index contributed by atoms with van der Waals surface area (Å²) in [5.74, 6) is 2.09. The average Bonchev–Trinajstić information content (AvgIpc) is 3.52. The summed E-state index contributed by atoms with van der Waals surface area (Å²) in [5, 5.41) is 12.6. The van der Waals surface area contributed by atoms with Crippen molar-refractivity contribution in [1.82, 2.24) is 20.1 Å². The van der Waals surface area contributed by atoms with E-state index in [0.717, 1.165) is 41.7 Å². The van der Waals surface area contributed by atoms with E-state index >= 15 is 0 Å². The molecule has 2 aromatic carbocycles. The molecule has 33 heavy (non-hydrogen) atoms. The highest BCUT2D eigenvalue weighted by Gasteiger charge is 2.22. The Hall–Kier alpha value is -2.84. The maximum Gasteiger partial charge on any atom is 0.230 e. The van der Waals surface area contributed by atoms with Gasteiger partial charge in [-0.05, 0) is 48.6 Å². The zero-order valence-corrected chi connectivity index (χ0v) is 19.9. The molecule has 0 spiro atoms. The van der Waals surface area contributed by atoms with Gasteiger partial charge in [0, 0.05) is 18.7 Å². The lowest BCUT2D eigenvalue weighted by Gasteiger charge is -2.15. The molecular formula is C25H30N4O3S. The zero-order chi connectivity index (χ0) is 23.0. The third-order valence-electron chi connectivity index (χ3n) is 5.78. The molecule has 1 N–H and O–H groups in total. The first-order chi connectivity index (χ1) is 16.1. The van der Waals surface area contributed by atoms with Crippen LogP contribution in [-0.2, 0) is 16.1 Å². The number of aromatic nitrogens is 3. The van der Waals surface area contributed by atoms with Gasteiger partial charge in [0.15, 0.2) is 11.0 Å². The van der Waals surface area contributed by atoms with Crippen molar-refractivity contribution in [2.24, 2.45) is 0 Å². The summed E-state index contributed by atoms with van der Waals surface area (Å²) in [6, 6.07) is 18.0. The first-order valence-electron chi connectivity index (χ1n) is 11.3. The topological polar surface area (TPSA) is 78.3 Å². The van der Waals surface area contributed by atoms with Crippen molar-refractivity contribution < 1.29 is 14.3 Å². The highest BCUT2D eigenvalue weighted by Crippen LogP contribution is 2.27. The zero-order valence-electron chi connectivity index (χ0n) is 19.1. The predicted molar refractivity (Wildman–Crippen MR) is 130 cm³/mol. The van der Waals surface area contributed by atoms with E-state index in [9.17, 15) is 4.79 Å². The Bertz CT molecular complexity index is 1030. The smallest absolute Gasteiger partial charge is 0.230 e. The maximum atomic E-state index is 12.5. The normalized spacial score (nSPS) is 16.5. The largest absolute Gasteiger partial charge is 0.497 e. The summed E-state index contributed by atoms with van der Waals surface area (Å²) in [7, 11) is 1.65. The molecule has 1 fully saturated rings. The SMILES string of the molecule is COc1ccc(-c2nnc(SCC(=O)NCC(C)c3ccccc3)n2CC2CCCO2)cc1. The van der Waals surface area contributed by atoms with Gasteiger partial charge < -0.3 is 14.8 Å². The summed E-state index contributed by atoms with van der Waals surface area (Å²) < 4.78 is 13.2. The summed E-state index contributed by atoms with van der Waals surface area (Å²) in [6.07, 6.45) is 2.22. The first-order valence-corrected chi connectivity index (χ1v) is 12.3. The Kier molecular flexibility index (Phi) is 8.01. The van der Waals surface area contributed by atoms with Crippen LogP contribution >= 0.6 is 11.8 Å². The minimum Gasteiger partial charge on any atom is -0.497 e. The van der Waals surface area contributed by atoms with Gasteiger partial charge in [-0.15, -0.1) is 10.2 Å². The van der Waals surface area contributed by atoms with Gasteiger partial charge in [0.1, 0.15) is 5.75 Å². The van der Waals surface area contributed by atoms with E-state index in [1.54, 1.807) is 7.11 Å². The third kappa shape index (κ3) is 6.15. The Morgan fingerprint density at radius 3 is 2.70 bits per heavy atom. The lowest BCUT2D eigenvalue weighted by molar-refractivity contribution is -0.118. The number of ether oxygens (including phenoxy) is 2. The summed E-state index contributed by atoms with van der Waals surface area (Å²) in [4.78, 5) is 12.5. The molecule has 2 atom stereocenters. The number of thioether (sulfide) groups is 1. The van der Waals surface area contributed by atoms with Crippen LogP contribution in [0.15, 0.2) is 59.8 Å². The second-order valence-corrected chi connectivity index (χ2v) is 9.13. The molecule has 1 aromatic heterocycles. The van der Waals surface area contributed by atoms with Crippen molar-refractivity contribution in [2.75, 3.05) is 26.0 Å². The predicted octanol–water partition coefficient (Wildman–Crippen LogP) is 4.14. The quantitative estimate of drug-likeness (QED) is 0.453. The minimum absolute atomic E-state index is 0.0135. The Balaban J connectivity index is 1.41. The van der Waals surface area contributed by atoms with Gasteiger partial charge in [-0.2, -0.15) is 0 Å². The van der Waals surface area contributed by atoms with E-state index in [2.05, 4.69) is 39.1 Å². The number of amides is 1. The fraction of sp³-hybridized carbons (Fsp3) is 0.400. The molecule has 1 aliphatic rings. The van der Waals surface area contributed by atoms with E-state index in [1.807, 2.05) is 42.5 Å². The number of rotatable bonds is 10. The van der Waals surface area contributed by atoms with Gasteiger partial charge in [0.2, 0.25) is 5.91 Å². The number of nitrogens with zero attached hydrogens (tertiary/aromatic N) is 3. The Labute approximate surface area is 198 Å². The van der Waals surface area contributed by atoms with Crippen molar-refractivity contribution in [3.05, 3.63) is 60.2 Å². The van der Waals surface area contributed by atoms with Crippen molar-refractivity contribution in [2.45, 2.75) is 43.5 Å². The van der Waals surface area contributed by atoms with Gasteiger partial charge in [-0.25, -0.2) is 0 Å². The second-order valence-electron chi connectivity index (χ2n) is 8.18. The van der Waals surface area contributed by atoms with Crippen LogP contribution < -0.4 is 10.1 Å². The molecule has 0 bridgehead atoms. The maximum absolute atomic E-state index is 12.5. The lowest BCUT2D eigenvalue weighted by Crippen LogP contribution is -2.29. The number of nitrogens with one attached hydrogen (secondary N) is 1. The van der Waals surface area contributed by atoms with Crippen LogP contribution in [0, 0.1) is 0 Å². The number of carbonyl (C=O) groups is 1. The van der Waals surface area contributed by atoms with Gasteiger partial charge in [0.25, 0.3) is 0 Å². The lowest BCUT2D eigenvalue weighted by atomic mass is 10.0. The number of carbonyl (C=O) groups excluding carboxylic acids is 1. The van der Waals surface area contributed by atoms with E-state index in [-0.39, 0.29) is 23.7 Å². The van der Waals surface area contributed by atoms with Crippen molar-refractivity contribution in [3.63, 3.8) is 0 Å². The molecule has 7 nitrogen and oxygen atoms in total. The van der Waals surface area contributed by atoms with E-state index in [0.29, 0.717) is 13.1 Å². The molecule has 8 heteroatoms.